The number of nitrogens with zero attached hydrogens (tertiary/aromatic N) is 2. The number of rotatable bonds is 5. The second-order valence-electron chi connectivity index (χ2n) is 7.81. The molecule has 1 atom stereocenters. The second kappa shape index (κ2) is 9.30. The number of hydrogen-bond donors (Lipinski definition) is 1. The highest BCUT2D eigenvalue weighted by molar-refractivity contribution is 7.17. The highest BCUT2D eigenvalue weighted by Crippen LogP contribution is 2.44. The number of aliphatic hydroxyl groups is 1. The first-order valence-corrected chi connectivity index (χ1v) is 11.3. The lowest BCUT2D eigenvalue weighted by Gasteiger charge is -2.23. The van der Waals surface area contributed by atoms with E-state index in [1.165, 1.54) is 26.4 Å². The van der Waals surface area contributed by atoms with Crippen molar-refractivity contribution in [2.75, 3.05) is 19.1 Å². The van der Waals surface area contributed by atoms with Crippen LogP contribution in [0.3, 0.4) is 0 Å². The lowest BCUT2D eigenvalue weighted by Crippen LogP contribution is -2.29. The van der Waals surface area contributed by atoms with Crippen LogP contribution < -0.4 is 9.64 Å². The third-order valence-corrected chi connectivity index (χ3v) is 6.80. The van der Waals surface area contributed by atoms with Crippen LogP contribution in [0.15, 0.2) is 48.0 Å². The van der Waals surface area contributed by atoms with Gasteiger partial charge < -0.3 is 14.6 Å². The fraction of sp³-hybridized carbons (Fsp3) is 0.200. The molecule has 10 heteroatoms. The van der Waals surface area contributed by atoms with E-state index in [-0.39, 0.29) is 21.1 Å². The second-order valence-corrected chi connectivity index (χ2v) is 8.79. The van der Waals surface area contributed by atoms with Crippen LogP contribution in [0, 0.1) is 19.7 Å². The van der Waals surface area contributed by atoms with Gasteiger partial charge in [0, 0.05) is 5.56 Å². The lowest BCUT2D eigenvalue weighted by molar-refractivity contribution is -0.132. The molecule has 0 unspecified atom stereocenters. The Labute approximate surface area is 204 Å². The van der Waals surface area contributed by atoms with Gasteiger partial charge in [-0.05, 0) is 43.2 Å². The van der Waals surface area contributed by atoms with Gasteiger partial charge in [-0.25, -0.2) is 14.2 Å². The summed E-state index contributed by atoms with van der Waals surface area (Å²) in [5.41, 5.74) is 0.942. The van der Waals surface area contributed by atoms with Crippen molar-refractivity contribution < 1.29 is 33.4 Å². The number of methoxy groups -OCH3 is 2. The Kier molecular flexibility index (Phi) is 6.40. The van der Waals surface area contributed by atoms with Crippen LogP contribution in [0.5, 0.6) is 5.75 Å². The van der Waals surface area contributed by atoms with E-state index in [1.807, 2.05) is 0 Å². The van der Waals surface area contributed by atoms with Crippen molar-refractivity contribution in [3.63, 3.8) is 0 Å². The first-order chi connectivity index (χ1) is 16.7. The number of benzene rings is 2. The van der Waals surface area contributed by atoms with E-state index in [0.29, 0.717) is 22.6 Å². The summed E-state index contributed by atoms with van der Waals surface area (Å²) < 4.78 is 24.3. The van der Waals surface area contributed by atoms with E-state index in [0.717, 1.165) is 22.3 Å². The van der Waals surface area contributed by atoms with E-state index in [1.54, 1.807) is 38.1 Å². The summed E-state index contributed by atoms with van der Waals surface area (Å²) in [6.45, 7) is 3.15. The Morgan fingerprint density at radius 2 is 1.89 bits per heavy atom. The summed E-state index contributed by atoms with van der Waals surface area (Å²) in [4.78, 5) is 44.2. The van der Waals surface area contributed by atoms with Crippen LogP contribution >= 0.6 is 11.3 Å². The first-order valence-electron chi connectivity index (χ1n) is 10.4. The molecule has 35 heavy (non-hydrogen) atoms. The summed E-state index contributed by atoms with van der Waals surface area (Å²) in [7, 11) is 2.70. The number of anilines is 1. The fourth-order valence-electron chi connectivity index (χ4n) is 3.82. The number of aryl methyl sites for hydroxylation is 2. The maximum absolute atomic E-state index is 14.3. The maximum atomic E-state index is 14.3. The third kappa shape index (κ3) is 4.17. The standard InChI is InChI=1S/C25H21FN2O6S/c1-12-8-9-15(11-17(12)26)20(29)18-19(14-6-5-7-16(10-14)33-3)28(23(31)21(18)30)25-27-13(2)22(35-25)24(32)34-4/h5-11,19,29H,1-4H3/t19-/m0/s1. The number of thiazole rings is 1. The van der Waals surface area contributed by atoms with Gasteiger partial charge in [0.25, 0.3) is 5.78 Å². The number of hydrogen-bond acceptors (Lipinski definition) is 8. The van der Waals surface area contributed by atoms with Gasteiger partial charge >= 0.3 is 11.9 Å². The molecule has 1 fully saturated rings. The van der Waals surface area contributed by atoms with Crippen LogP contribution in [0.1, 0.15) is 38.1 Å². The van der Waals surface area contributed by atoms with E-state index < -0.39 is 35.3 Å². The summed E-state index contributed by atoms with van der Waals surface area (Å²) in [6.07, 6.45) is 0. The van der Waals surface area contributed by atoms with Crippen molar-refractivity contribution in [3.05, 3.63) is 81.1 Å². The minimum absolute atomic E-state index is 0.0459. The monoisotopic (exact) mass is 496 g/mol. The Hall–Kier alpha value is -4.05. The normalized spacial score (nSPS) is 17.1. The molecule has 2 heterocycles. The number of ketones is 1. The quantitative estimate of drug-likeness (QED) is 0.243. The molecule has 8 nitrogen and oxygen atoms in total. The van der Waals surface area contributed by atoms with Crippen LogP contribution in [-0.2, 0) is 14.3 Å². The van der Waals surface area contributed by atoms with E-state index in [9.17, 15) is 23.9 Å². The minimum atomic E-state index is -1.11. The maximum Gasteiger partial charge on any atom is 0.350 e. The number of esters is 1. The molecule has 3 aromatic rings. The molecule has 1 aliphatic heterocycles. The molecular formula is C25H21FN2O6S. The number of aromatic nitrogens is 1. The molecule has 0 aliphatic carbocycles. The fourth-order valence-corrected chi connectivity index (χ4v) is 4.83. The zero-order valence-corrected chi connectivity index (χ0v) is 20.1. The van der Waals surface area contributed by atoms with E-state index in [4.69, 9.17) is 9.47 Å². The van der Waals surface area contributed by atoms with Crippen molar-refractivity contribution in [1.29, 1.82) is 0 Å². The van der Waals surface area contributed by atoms with Crippen LogP contribution in [0.2, 0.25) is 0 Å². The Bertz CT molecular complexity index is 1400. The van der Waals surface area contributed by atoms with Gasteiger partial charge in [0.1, 0.15) is 22.2 Å². The Morgan fingerprint density at radius 1 is 1.14 bits per heavy atom. The molecule has 0 radical (unpaired) electrons. The minimum Gasteiger partial charge on any atom is -0.507 e. The predicted octanol–water partition coefficient (Wildman–Crippen LogP) is 4.32. The predicted molar refractivity (Wildman–Crippen MR) is 127 cm³/mol. The highest BCUT2D eigenvalue weighted by atomic mass is 32.1. The smallest absolute Gasteiger partial charge is 0.350 e. The van der Waals surface area contributed by atoms with Gasteiger partial charge in [-0.1, -0.05) is 35.6 Å². The Morgan fingerprint density at radius 3 is 2.54 bits per heavy atom. The van der Waals surface area contributed by atoms with Crippen LogP contribution in [0.4, 0.5) is 9.52 Å². The van der Waals surface area contributed by atoms with Crippen LogP contribution in [0.25, 0.3) is 5.76 Å². The summed E-state index contributed by atoms with van der Waals surface area (Å²) >= 11 is 0.889. The van der Waals surface area contributed by atoms with Crippen molar-refractivity contribution in [1.82, 2.24) is 4.98 Å². The average molecular weight is 497 g/mol. The van der Waals surface area contributed by atoms with Crippen molar-refractivity contribution >= 4 is 39.9 Å². The SMILES string of the molecule is COC(=O)c1sc(N2C(=O)C(=O)C(=C(O)c3ccc(C)c(F)c3)[C@@H]2c2cccc(OC)c2)nc1C. The first kappa shape index (κ1) is 24.1. The van der Waals surface area contributed by atoms with Crippen molar-refractivity contribution in [2.24, 2.45) is 0 Å². The molecule has 1 N–H and O–H groups in total. The zero-order chi connectivity index (χ0) is 25.4. The molecule has 1 saturated heterocycles. The summed E-state index contributed by atoms with van der Waals surface area (Å²) in [6, 6.07) is 9.57. The number of carbonyl (C=O) groups excluding carboxylic acids is 3. The third-order valence-electron chi connectivity index (χ3n) is 5.66. The topological polar surface area (TPSA) is 106 Å². The molecule has 1 aliphatic rings. The number of ether oxygens (including phenoxy) is 2. The molecular weight excluding hydrogens is 475 g/mol. The Balaban J connectivity index is 1.96. The molecule has 1 aromatic heterocycles. The van der Waals surface area contributed by atoms with Gasteiger partial charge in [-0.2, -0.15) is 0 Å². The van der Waals surface area contributed by atoms with Gasteiger partial charge in [0.05, 0.1) is 31.5 Å². The number of Topliss-reactive ketones (excluding diaryl/α,β-unsaturated/α-hetero) is 1. The van der Waals surface area contributed by atoms with Gasteiger partial charge in [0.15, 0.2) is 5.13 Å². The number of aliphatic hydroxyl groups excluding tert-OH is 1. The molecule has 0 bridgehead atoms. The lowest BCUT2D eigenvalue weighted by atomic mass is 9.95. The molecule has 180 valence electrons. The van der Waals surface area contributed by atoms with Gasteiger partial charge in [-0.3, -0.25) is 14.5 Å². The summed E-state index contributed by atoms with van der Waals surface area (Å²) in [5, 5.41) is 11.2. The molecule has 2 aromatic carbocycles. The summed E-state index contributed by atoms with van der Waals surface area (Å²) in [5.74, 6) is -3.18. The van der Waals surface area contributed by atoms with Gasteiger partial charge in [-0.15, -0.1) is 0 Å². The molecule has 1 amide bonds. The molecule has 4 rings (SSSR count). The largest absolute Gasteiger partial charge is 0.507 e. The molecule has 0 saturated carbocycles. The highest BCUT2D eigenvalue weighted by Gasteiger charge is 2.48. The van der Waals surface area contributed by atoms with E-state index >= 15 is 0 Å². The van der Waals surface area contributed by atoms with E-state index in [2.05, 4.69) is 4.98 Å². The van der Waals surface area contributed by atoms with Crippen molar-refractivity contribution in [2.45, 2.75) is 19.9 Å². The number of amides is 1. The molecule has 0 spiro atoms. The van der Waals surface area contributed by atoms with Gasteiger partial charge in [0.2, 0.25) is 0 Å². The number of halogens is 1. The zero-order valence-electron chi connectivity index (χ0n) is 19.3. The average Bonchev–Trinajstić information content (AvgIpc) is 3.36. The number of carbonyl (C=O) groups is 3. The van der Waals surface area contributed by atoms with Crippen LogP contribution in [-0.4, -0.2) is 42.0 Å². The van der Waals surface area contributed by atoms with Crippen molar-refractivity contribution in [3.8, 4) is 5.75 Å².